The van der Waals surface area contributed by atoms with Gasteiger partial charge in [-0.15, -0.1) is 11.8 Å². The molecule has 128 valence electrons. The molecule has 26 heavy (non-hydrogen) atoms. The normalized spacial score (nSPS) is 13.3. The van der Waals surface area contributed by atoms with Gasteiger partial charge in [0.25, 0.3) is 0 Å². The van der Waals surface area contributed by atoms with Gasteiger partial charge in [0.2, 0.25) is 0 Å². The van der Waals surface area contributed by atoms with Gasteiger partial charge in [-0.05, 0) is 55.0 Å². The van der Waals surface area contributed by atoms with E-state index in [9.17, 15) is 0 Å². The summed E-state index contributed by atoms with van der Waals surface area (Å²) in [6, 6.07) is 14.6. The fourth-order valence-corrected chi connectivity index (χ4v) is 4.20. The summed E-state index contributed by atoms with van der Waals surface area (Å²) in [4.78, 5) is 10.4. The first-order valence-electron chi connectivity index (χ1n) is 8.79. The summed E-state index contributed by atoms with van der Waals surface area (Å²) in [6.45, 7) is 0.981. The van der Waals surface area contributed by atoms with Crippen molar-refractivity contribution in [3.8, 4) is 22.5 Å². The Kier molecular flexibility index (Phi) is 3.75. The van der Waals surface area contributed by atoms with Crippen molar-refractivity contribution in [3.05, 3.63) is 60.6 Å². The molecule has 0 fully saturated rings. The van der Waals surface area contributed by atoms with Crippen molar-refractivity contribution in [1.82, 2.24) is 19.7 Å². The molecule has 4 nitrogen and oxygen atoms in total. The second-order valence-corrected chi connectivity index (χ2v) is 7.33. The Morgan fingerprint density at radius 3 is 2.85 bits per heavy atom. The maximum Gasteiger partial charge on any atom is 0.119 e. The molecule has 0 saturated carbocycles. The van der Waals surface area contributed by atoms with Crippen LogP contribution in [0.2, 0.25) is 0 Å². The van der Waals surface area contributed by atoms with Crippen LogP contribution in [0.4, 0.5) is 0 Å². The van der Waals surface area contributed by atoms with Gasteiger partial charge in [-0.3, -0.25) is 14.6 Å². The lowest BCUT2D eigenvalue weighted by Gasteiger charge is -2.09. The number of thioether (sulfide) groups is 1. The Balaban J connectivity index is 1.80. The van der Waals surface area contributed by atoms with Gasteiger partial charge in [-0.2, -0.15) is 5.10 Å². The molecule has 0 amide bonds. The van der Waals surface area contributed by atoms with Crippen LogP contribution >= 0.6 is 11.8 Å². The highest BCUT2D eigenvalue weighted by molar-refractivity contribution is 7.98. The van der Waals surface area contributed by atoms with E-state index in [0.717, 1.165) is 36.3 Å². The quantitative estimate of drug-likeness (QED) is 0.492. The number of aromatic nitrogens is 4. The Morgan fingerprint density at radius 2 is 2.00 bits per heavy atom. The first-order chi connectivity index (χ1) is 12.8. The lowest BCUT2D eigenvalue weighted by molar-refractivity contribution is 0.658. The monoisotopic (exact) mass is 358 g/mol. The zero-order chi connectivity index (χ0) is 17.5. The Hall–Kier alpha value is -2.66. The first-order valence-corrected chi connectivity index (χ1v) is 10.0. The SMILES string of the molecule is CSc1ccc2c(-c3c(-c4ccccn4)nn4c3CCC4)ccnc2c1. The van der Waals surface area contributed by atoms with Crippen LogP contribution in [-0.4, -0.2) is 26.0 Å². The molecule has 1 aromatic carbocycles. The average Bonchev–Trinajstić information content (AvgIpc) is 3.29. The second-order valence-electron chi connectivity index (χ2n) is 6.45. The molecule has 0 aliphatic carbocycles. The van der Waals surface area contributed by atoms with Crippen molar-refractivity contribution < 1.29 is 0 Å². The van der Waals surface area contributed by atoms with Gasteiger partial charge in [0, 0.05) is 40.5 Å². The lowest BCUT2D eigenvalue weighted by Crippen LogP contribution is -1.94. The summed E-state index contributed by atoms with van der Waals surface area (Å²) in [5.74, 6) is 0. The van der Waals surface area contributed by atoms with Crippen LogP contribution in [0.3, 0.4) is 0 Å². The molecular formula is C21H18N4S. The van der Waals surface area contributed by atoms with Crippen molar-refractivity contribution >= 4 is 22.7 Å². The number of fused-ring (bicyclic) bond motifs is 2. The standard InChI is InChI=1S/C21H18N4S/c1-26-14-7-8-15-16(9-11-23-18(15)13-14)20-19-6-4-12-25(19)24-21(20)17-5-2-3-10-22-17/h2-3,5,7-11,13H,4,6,12H2,1H3. The summed E-state index contributed by atoms with van der Waals surface area (Å²) < 4.78 is 2.15. The van der Waals surface area contributed by atoms with Crippen molar-refractivity contribution in [1.29, 1.82) is 0 Å². The largest absolute Gasteiger partial charge is 0.268 e. The highest BCUT2D eigenvalue weighted by atomic mass is 32.2. The molecule has 4 heterocycles. The number of aryl methyl sites for hydroxylation is 1. The zero-order valence-corrected chi connectivity index (χ0v) is 15.3. The minimum Gasteiger partial charge on any atom is -0.268 e. The highest BCUT2D eigenvalue weighted by Crippen LogP contribution is 2.39. The van der Waals surface area contributed by atoms with Gasteiger partial charge in [-0.25, -0.2) is 0 Å². The summed E-state index contributed by atoms with van der Waals surface area (Å²) in [5, 5.41) is 6.08. The molecule has 5 rings (SSSR count). The summed E-state index contributed by atoms with van der Waals surface area (Å²) in [6.07, 6.45) is 8.04. The summed E-state index contributed by atoms with van der Waals surface area (Å²) in [7, 11) is 0. The lowest BCUT2D eigenvalue weighted by atomic mass is 9.97. The number of hydrogen-bond donors (Lipinski definition) is 0. The molecule has 4 aromatic rings. The van der Waals surface area contributed by atoms with Gasteiger partial charge in [0.1, 0.15) is 5.69 Å². The minimum absolute atomic E-state index is 0.926. The van der Waals surface area contributed by atoms with Gasteiger partial charge in [0.15, 0.2) is 0 Å². The van der Waals surface area contributed by atoms with Gasteiger partial charge >= 0.3 is 0 Å². The molecule has 0 atom stereocenters. The summed E-state index contributed by atoms with van der Waals surface area (Å²) in [5.41, 5.74) is 6.65. The second kappa shape index (κ2) is 6.25. The highest BCUT2D eigenvalue weighted by Gasteiger charge is 2.25. The predicted octanol–water partition coefficient (Wildman–Crippen LogP) is 4.83. The molecule has 0 saturated heterocycles. The van der Waals surface area contributed by atoms with E-state index in [1.807, 2.05) is 30.6 Å². The van der Waals surface area contributed by atoms with Gasteiger partial charge < -0.3 is 0 Å². The van der Waals surface area contributed by atoms with E-state index in [-0.39, 0.29) is 0 Å². The topological polar surface area (TPSA) is 43.6 Å². The van der Waals surface area contributed by atoms with E-state index in [0.29, 0.717) is 0 Å². The number of pyridine rings is 2. The Bertz CT molecular complexity index is 1100. The molecule has 1 aliphatic rings. The van der Waals surface area contributed by atoms with E-state index < -0.39 is 0 Å². The first kappa shape index (κ1) is 15.6. The predicted molar refractivity (Wildman–Crippen MR) is 106 cm³/mol. The molecule has 3 aromatic heterocycles. The van der Waals surface area contributed by atoms with Crippen molar-refractivity contribution in [2.45, 2.75) is 24.3 Å². The van der Waals surface area contributed by atoms with Crippen LogP contribution in [0.15, 0.2) is 59.8 Å². The van der Waals surface area contributed by atoms with E-state index in [2.05, 4.69) is 45.2 Å². The smallest absolute Gasteiger partial charge is 0.119 e. The van der Waals surface area contributed by atoms with Gasteiger partial charge in [0.05, 0.1) is 11.2 Å². The zero-order valence-electron chi connectivity index (χ0n) is 14.5. The maximum absolute atomic E-state index is 4.91. The Labute approximate surface area is 156 Å². The maximum atomic E-state index is 4.91. The van der Waals surface area contributed by atoms with Crippen molar-refractivity contribution in [3.63, 3.8) is 0 Å². The molecule has 1 aliphatic heterocycles. The molecule has 0 N–H and O–H groups in total. The average molecular weight is 358 g/mol. The van der Waals surface area contributed by atoms with Crippen LogP contribution in [0.25, 0.3) is 33.4 Å². The number of nitrogens with zero attached hydrogens (tertiary/aromatic N) is 4. The number of benzene rings is 1. The van der Waals surface area contributed by atoms with Crippen LogP contribution in [0.1, 0.15) is 12.1 Å². The van der Waals surface area contributed by atoms with E-state index in [4.69, 9.17) is 5.10 Å². The molecule has 0 spiro atoms. The Morgan fingerprint density at radius 1 is 1.04 bits per heavy atom. The molecule has 0 unspecified atom stereocenters. The fourth-order valence-electron chi connectivity index (χ4n) is 3.77. The molecule has 0 bridgehead atoms. The number of hydrogen-bond acceptors (Lipinski definition) is 4. The molecule has 5 heteroatoms. The fraction of sp³-hybridized carbons (Fsp3) is 0.190. The van der Waals surface area contributed by atoms with E-state index in [1.165, 1.54) is 27.1 Å². The van der Waals surface area contributed by atoms with Crippen molar-refractivity contribution in [2.24, 2.45) is 0 Å². The van der Waals surface area contributed by atoms with E-state index >= 15 is 0 Å². The molecular weight excluding hydrogens is 340 g/mol. The minimum atomic E-state index is 0.926. The van der Waals surface area contributed by atoms with Crippen LogP contribution in [-0.2, 0) is 13.0 Å². The third kappa shape index (κ3) is 2.42. The third-order valence-electron chi connectivity index (χ3n) is 4.97. The van der Waals surface area contributed by atoms with E-state index in [1.54, 1.807) is 11.8 Å². The summed E-state index contributed by atoms with van der Waals surface area (Å²) >= 11 is 1.74. The van der Waals surface area contributed by atoms with Crippen LogP contribution < -0.4 is 0 Å². The third-order valence-corrected chi connectivity index (χ3v) is 5.69. The molecule has 0 radical (unpaired) electrons. The van der Waals surface area contributed by atoms with Crippen molar-refractivity contribution in [2.75, 3.05) is 6.26 Å². The van der Waals surface area contributed by atoms with Gasteiger partial charge in [-0.1, -0.05) is 12.1 Å². The van der Waals surface area contributed by atoms with Crippen LogP contribution in [0, 0.1) is 0 Å². The van der Waals surface area contributed by atoms with Crippen LogP contribution in [0.5, 0.6) is 0 Å². The number of rotatable bonds is 3.